The van der Waals surface area contributed by atoms with Gasteiger partial charge in [-0.1, -0.05) is 18.5 Å². The topological polar surface area (TPSA) is 62.3 Å². The van der Waals surface area contributed by atoms with Crippen LogP contribution in [0.2, 0.25) is 5.02 Å². The molecule has 4 nitrogen and oxygen atoms in total. The van der Waals surface area contributed by atoms with Crippen molar-refractivity contribution in [2.45, 2.75) is 18.9 Å². The number of carbonyl (C=O) groups excluding carboxylic acids is 1. The van der Waals surface area contributed by atoms with Crippen LogP contribution in [-0.4, -0.2) is 29.3 Å². The Balaban J connectivity index is 2.41. The van der Waals surface area contributed by atoms with Gasteiger partial charge in [-0.15, -0.1) is 0 Å². The molecule has 0 amide bonds. The summed E-state index contributed by atoms with van der Waals surface area (Å²) in [5, 5.41) is 11.4. The van der Waals surface area contributed by atoms with Crippen molar-refractivity contribution in [3.63, 3.8) is 0 Å². The molecule has 0 saturated heterocycles. The Morgan fingerprint density at radius 1 is 1.50 bits per heavy atom. The zero-order valence-electron chi connectivity index (χ0n) is 10.1. The van der Waals surface area contributed by atoms with E-state index in [1.807, 2.05) is 12.1 Å². The van der Waals surface area contributed by atoms with Crippen molar-refractivity contribution < 1.29 is 14.6 Å². The molecule has 1 aromatic heterocycles. The molecule has 2 rings (SSSR count). The van der Waals surface area contributed by atoms with Gasteiger partial charge in [-0.3, -0.25) is 0 Å². The van der Waals surface area contributed by atoms with Crippen molar-refractivity contribution in [3.05, 3.63) is 35.0 Å². The third-order valence-corrected chi connectivity index (χ3v) is 3.32. The summed E-state index contributed by atoms with van der Waals surface area (Å²) < 4.78 is 4.54. The number of fused-ring (bicyclic) bond motifs is 1. The predicted molar refractivity (Wildman–Crippen MR) is 69.7 cm³/mol. The molecule has 0 fully saturated rings. The molecule has 0 unspecified atom stereocenters. The molecule has 2 atom stereocenters. The highest BCUT2D eigenvalue weighted by molar-refractivity contribution is 6.31. The highest BCUT2D eigenvalue weighted by Gasteiger charge is 2.26. The maximum atomic E-state index is 11.3. The van der Waals surface area contributed by atoms with Crippen LogP contribution in [-0.2, 0) is 9.53 Å². The average Bonchev–Trinajstić information content (AvgIpc) is 2.78. The Labute approximate surface area is 110 Å². The minimum Gasteiger partial charge on any atom is -0.467 e. The van der Waals surface area contributed by atoms with Gasteiger partial charge >= 0.3 is 5.97 Å². The molecule has 2 aromatic rings. The highest BCUT2D eigenvalue weighted by atomic mass is 35.5. The van der Waals surface area contributed by atoms with E-state index in [1.165, 1.54) is 7.11 Å². The molecule has 0 bridgehead atoms. The van der Waals surface area contributed by atoms with E-state index in [0.717, 1.165) is 16.5 Å². The van der Waals surface area contributed by atoms with Gasteiger partial charge in [-0.05, 0) is 23.8 Å². The molecule has 0 saturated carbocycles. The van der Waals surface area contributed by atoms with Crippen molar-refractivity contribution in [1.82, 2.24) is 4.98 Å². The summed E-state index contributed by atoms with van der Waals surface area (Å²) in [5.74, 6) is -1.01. The first kappa shape index (κ1) is 12.9. The molecule has 1 heterocycles. The number of carbonyl (C=O) groups is 1. The first-order valence-electron chi connectivity index (χ1n) is 5.57. The fourth-order valence-corrected chi connectivity index (χ4v) is 2.16. The van der Waals surface area contributed by atoms with E-state index in [-0.39, 0.29) is 5.92 Å². The van der Waals surface area contributed by atoms with Crippen molar-refractivity contribution >= 4 is 28.5 Å². The lowest BCUT2D eigenvalue weighted by Gasteiger charge is -2.16. The Morgan fingerprint density at radius 2 is 2.22 bits per heavy atom. The summed E-state index contributed by atoms with van der Waals surface area (Å²) in [6.45, 7) is 1.77. The molecule has 2 N–H and O–H groups in total. The Hall–Kier alpha value is -1.52. The molecule has 0 spiro atoms. The normalized spacial score (nSPS) is 14.4. The molecular formula is C13H14ClNO3. The van der Waals surface area contributed by atoms with Gasteiger partial charge in [0.1, 0.15) is 0 Å². The van der Waals surface area contributed by atoms with Gasteiger partial charge < -0.3 is 14.8 Å². The number of aliphatic hydroxyl groups is 1. The number of rotatable bonds is 3. The van der Waals surface area contributed by atoms with E-state index in [2.05, 4.69) is 9.72 Å². The second-order valence-corrected chi connectivity index (χ2v) is 4.63. The Morgan fingerprint density at radius 3 is 2.89 bits per heavy atom. The van der Waals surface area contributed by atoms with Crippen LogP contribution >= 0.6 is 11.6 Å². The molecule has 5 heteroatoms. The summed E-state index contributed by atoms with van der Waals surface area (Å²) in [6, 6.07) is 5.45. The fraction of sp³-hybridized carbons (Fsp3) is 0.308. The minimum absolute atomic E-state index is 0.371. The van der Waals surface area contributed by atoms with Crippen LogP contribution in [0.15, 0.2) is 24.4 Å². The van der Waals surface area contributed by atoms with Crippen LogP contribution in [0.4, 0.5) is 0 Å². The number of esters is 1. The Kier molecular flexibility index (Phi) is 3.59. The van der Waals surface area contributed by atoms with Crippen LogP contribution in [0, 0.1) is 0 Å². The summed E-state index contributed by atoms with van der Waals surface area (Å²) >= 11 is 5.95. The molecule has 1 aromatic carbocycles. The number of nitrogens with one attached hydrogen (secondary N) is 1. The largest absolute Gasteiger partial charge is 0.467 e. The van der Waals surface area contributed by atoms with Crippen LogP contribution in [0.3, 0.4) is 0 Å². The van der Waals surface area contributed by atoms with Gasteiger partial charge in [-0.25, -0.2) is 4.79 Å². The fourth-order valence-electron chi connectivity index (χ4n) is 1.99. The van der Waals surface area contributed by atoms with Crippen LogP contribution < -0.4 is 0 Å². The van der Waals surface area contributed by atoms with E-state index in [0.29, 0.717) is 5.02 Å². The number of methoxy groups -OCH3 is 1. The highest BCUT2D eigenvalue weighted by Crippen LogP contribution is 2.29. The lowest BCUT2D eigenvalue weighted by atomic mass is 9.95. The standard InChI is InChI=1S/C13H14ClNO3/c1-7(12(16)13(17)18-2)10-6-15-11-4-3-8(14)5-9(10)11/h3-7,12,15-16H,1-2H3/t7-,12-/m0/s1. The van der Waals surface area contributed by atoms with E-state index in [1.54, 1.807) is 19.2 Å². The van der Waals surface area contributed by atoms with Gasteiger partial charge in [-0.2, -0.15) is 0 Å². The average molecular weight is 268 g/mol. The number of benzene rings is 1. The number of H-pyrrole nitrogens is 1. The van der Waals surface area contributed by atoms with Crippen molar-refractivity contribution in [2.24, 2.45) is 0 Å². The lowest BCUT2D eigenvalue weighted by molar-refractivity contribution is -0.151. The van der Waals surface area contributed by atoms with E-state index in [9.17, 15) is 9.90 Å². The minimum atomic E-state index is -1.19. The molecule has 0 radical (unpaired) electrons. The zero-order valence-corrected chi connectivity index (χ0v) is 10.9. The van der Waals surface area contributed by atoms with Crippen LogP contribution in [0.25, 0.3) is 10.9 Å². The van der Waals surface area contributed by atoms with Gasteiger partial charge in [0.15, 0.2) is 6.10 Å². The number of halogens is 1. The second-order valence-electron chi connectivity index (χ2n) is 4.19. The van der Waals surface area contributed by atoms with Gasteiger partial charge in [0, 0.05) is 28.0 Å². The van der Waals surface area contributed by atoms with Crippen molar-refractivity contribution in [1.29, 1.82) is 0 Å². The Bertz CT molecular complexity index is 579. The molecule has 0 aliphatic rings. The SMILES string of the molecule is COC(=O)[C@@H](O)[C@@H](C)c1c[nH]c2ccc(Cl)cc12. The summed E-state index contributed by atoms with van der Waals surface area (Å²) in [4.78, 5) is 14.4. The van der Waals surface area contributed by atoms with E-state index >= 15 is 0 Å². The number of ether oxygens (including phenoxy) is 1. The third kappa shape index (κ3) is 2.21. The first-order valence-corrected chi connectivity index (χ1v) is 5.95. The number of aliphatic hydroxyl groups excluding tert-OH is 1. The monoisotopic (exact) mass is 267 g/mol. The summed E-state index contributed by atoms with van der Waals surface area (Å²) in [6.07, 6.45) is 0.589. The summed E-state index contributed by atoms with van der Waals surface area (Å²) in [7, 11) is 1.25. The molecule has 18 heavy (non-hydrogen) atoms. The predicted octanol–water partition coefficient (Wildman–Crippen LogP) is 2.46. The number of aromatic amines is 1. The maximum Gasteiger partial charge on any atom is 0.335 e. The first-order chi connectivity index (χ1) is 8.54. The third-order valence-electron chi connectivity index (χ3n) is 3.08. The van der Waals surface area contributed by atoms with Crippen molar-refractivity contribution in [3.8, 4) is 0 Å². The molecule has 0 aliphatic carbocycles. The van der Waals surface area contributed by atoms with E-state index in [4.69, 9.17) is 11.6 Å². The number of hydrogen-bond donors (Lipinski definition) is 2. The quantitative estimate of drug-likeness (QED) is 0.840. The van der Waals surface area contributed by atoms with Gasteiger partial charge in [0.05, 0.1) is 7.11 Å². The maximum absolute atomic E-state index is 11.3. The molecule has 0 aliphatic heterocycles. The van der Waals surface area contributed by atoms with Crippen LogP contribution in [0.1, 0.15) is 18.4 Å². The number of hydrogen-bond acceptors (Lipinski definition) is 3. The van der Waals surface area contributed by atoms with Gasteiger partial charge in [0.25, 0.3) is 0 Å². The van der Waals surface area contributed by atoms with Gasteiger partial charge in [0.2, 0.25) is 0 Å². The summed E-state index contributed by atoms with van der Waals surface area (Å²) in [5.41, 5.74) is 1.75. The van der Waals surface area contributed by atoms with E-state index < -0.39 is 12.1 Å². The smallest absolute Gasteiger partial charge is 0.335 e. The lowest BCUT2D eigenvalue weighted by Crippen LogP contribution is -2.27. The number of aromatic nitrogens is 1. The molecule has 96 valence electrons. The van der Waals surface area contributed by atoms with Crippen molar-refractivity contribution in [2.75, 3.05) is 7.11 Å². The second kappa shape index (κ2) is 5.00. The van der Waals surface area contributed by atoms with Crippen LogP contribution in [0.5, 0.6) is 0 Å². The molecular weight excluding hydrogens is 254 g/mol. The zero-order chi connectivity index (χ0) is 13.3.